The number of aryl methyl sites for hydroxylation is 1. The molecule has 31 heavy (non-hydrogen) atoms. The molecule has 1 N–H and O–H groups in total. The molecule has 10 heteroatoms. The molecule has 0 unspecified atom stereocenters. The first-order chi connectivity index (χ1) is 14.4. The molecule has 0 saturated carbocycles. The van der Waals surface area contributed by atoms with E-state index in [1.54, 1.807) is 25.7 Å². The fourth-order valence-corrected chi connectivity index (χ4v) is 3.72. The van der Waals surface area contributed by atoms with Crippen molar-refractivity contribution in [1.82, 2.24) is 14.9 Å². The van der Waals surface area contributed by atoms with Crippen LogP contribution in [0.1, 0.15) is 67.2 Å². The summed E-state index contributed by atoms with van der Waals surface area (Å²) in [5.41, 5.74) is -0.752. The number of halogens is 3. The summed E-state index contributed by atoms with van der Waals surface area (Å²) in [7, 11) is 0. The first kappa shape index (κ1) is 23.1. The molecule has 0 radical (unpaired) electrons. The van der Waals surface area contributed by atoms with Gasteiger partial charge < -0.3 is 19.2 Å². The molecule has 3 heterocycles. The largest absolute Gasteiger partial charge is 0.467 e. The van der Waals surface area contributed by atoms with E-state index in [1.807, 2.05) is 6.92 Å². The van der Waals surface area contributed by atoms with E-state index in [0.29, 0.717) is 23.8 Å². The van der Waals surface area contributed by atoms with Gasteiger partial charge in [0.2, 0.25) is 5.88 Å². The monoisotopic (exact) mass is 441 g/mol. The van der Waals surface area contributed by atoms with Gasteiger partial charge in [-0.15, -0.1) is 0 Å². The molecule has 1 aliphatic rings. The summed E-state index contributed by atoms with van der Waals surface area (Å²) in [5.74, 6) is -0.0804. The number of aromatic nitrogens is 2. The number of pyridine rings is 1. The third-order valence-corrected chi connectivity index (χ3v) is 5.26. The average Bonchev–Trinajstić information content (AvgIpc) is 3.08. The molecule has 3 rings (SSSR count). The first-order valence-electron chi connectivity index (χ1n) is 10.0. The number of hydrogen-bond acceptors (Lipinski definition) is 6. The summed E-state index contributed by atoms with van der Waals surface area (Å²) in [4.78, 5) is 23.0. The fourth-order valence-electron chi connectivity index (χ4n) is 3.72. The summed E-state index contributed by atoms with van der Waals surface area (Å²) < 4.78 is 48.2. The van der Waals surface area contributed by atoms with Crippen LogP contribution in [0.15, 0.2) is 22.7 Å². The lowest BCUT2D eigenvalue weighted by Crippen LogP contribution is -2.45. The molecule has 0 bridgehead atoms. The second kappa shape index (κ2) is 8.49. The average molecular weight is 441 g/mol. The molecule has 2 atom stereocenters. The lowest BCUT2D eigenvalue weighted by molar-refractivity contribution is -0.154. The smallest absolute Gasteiger partial charge is 0.422 e. The van der Waals surface area contributed by atoms with E-state index in [0.717, 1.165) is 6.42 Å². The number of nitrogens with zero attached hydrogens (tertiary/aromatic N) is 3. The molecule has 1 fully saturated rings. The van der Waals surface area contributed by atoms with Gasteiger partial charge in [-0.3, -0.25) is 4.79 Å². The van der Waals surface area contributed by atoms with E-state index in [2.05, 4.69) is 9.97 Å². The van der Waals surface area contributed by atoms with Crippen LogP contribution in [0.3, 0.4) is 0 Å². The van der Waals surface area contributed by atoms with Gasteiger partial charge in [0.05, 0.1) is 5.92 Å². The number of carbonyl (C=O) groups excluding carboxylic acids is 1. The van der Waals surface area contributed by atoms with Gasteiger partial charge in [-0.1, -0.05) is 0 Å². The highest BCUT2D eigenvalue weighted by molar-refractivity contribution is 5.96. The number of carbonyl (C=O) groups is 1. The van der Waals surface area contributed by atoms with E-state index in [4.69, 9.17) is 9.15 Å². The molecule has 0 aliphatic carbocycles. The lowest BCUT2D eigenvalue weighted by Gasteiger charge is -2.37. The molecular weight excluding hydrogens is 415 g/mol. The van der Waals surface area contributed by atoms with E-state index < -0.39 is 24.3 Å². The number of alkyl halides is 3. The minimum Gasteiger partial charge on any atom is -0.467 e. The highest BCUT2D eigenvalue weighted by Gasteiger charge is 2.36. The van der Waals surface area contributed by atoms with Crippen LogP contribution in [0.2, 0.25) is 0 Å². The van der Waals surface area contributed by atoms with Crippen molar-refractivity contribution in [2.75, 3.05) is 13.2 Å². The first-order valence-corrected chi connectivity index (χ1v) is 10.0. The second-order valence-corrected chi connectivity index (χ2v) is 8.36. The number of hydrogen-bond donors (Lipinski definition) is 1. The van der Waals surface area contributed by atoms with E-state index in [9.17, 15) is 23.1 Å². The molecule has 170 valence electrons. The Morgan fingerprint density at radius 3 is 2.68 bits per heavy atom. The zero-order valence-electron chi connectivity index (χ0n) is 17.9. The standard InChI is InChI=1S/C21H26F3N3O4/c1-12-7-8-14(17-26-16(13(2)31-17)20(3,4)29)10-27(12)19(28)15-6-5-9-25-18(15)30-11-21(22,23)24/h5-6,9,12,14,29H,7-8,10-11H2,1-4H3/t12-,14-/m1/s1. The summed E-state index contributed by atoms with van der Waals surface area (Å²) >= 11 is 0. The topological polar surface area (TPSA) is 88.7 Å². The van der Waals surface area contributed by atoms with Gasteiger partial charge in [-0.2, -0.15) is 13.2 Å². The number of ether oxygens (including phenoxy) is 1. The molecule has 2 aromatic rings. The van der Waals surface area contributed by atoms with Crippen LogP contribution in [-0.2, 0) is 5.60 Å². The van der Waals surface area contributed by atoms with Gasteiger partial charge in [-0.25, -0.2) is 9.97 Å². The van der Waals surface area contributed by atoms with Crippen molar-refractivity contribution < 1.29 is 32.2 Å². The van der Waals surface area contributed by atoms with Crippen molar-refractivity contribution in [2.45, 2.75) is 64.3 Å². The number of likely N-dealkylation sites (tertiary alicyclic amines) is 1. The Morgan fingerprint density at radius 1 is 1.35 bits per heavy atom. The fraction of sp³-hybridized carbons (Fsp3) is 0.571. The van der Waals surface area contributed by atoms with Crippen molar-refractivity contribution in [2.24, 2.45) is 0 Å². The molecule has 2 aromatic heterocycles. The highest BCUT2D eigenvalue weighted by Crippen LogP contribution is 2.34. The van der Waals surface area contributed by atoms with Gasteiger partial charge in [0.25, 0.3) is 5.91 Å². The van der Waals surface area contributed by atoms with Gasteiger partial charge in [0.15, 0.2) is 12.5 Å². The Hall–Kier alpha value is -2.62. The maximum absolute atomic E-state index is 13.2. The Morgan fingerprint density at radius 2 is 2.06 bits per heavy atom. The summed E-state index contributed by atoms with van der Waals surface area (Å²) in [6, 6.07) is 2.75. The van der Waals surface area contributed by atoms with E-state index in [-0.39, 0.29) is 29.9 Å². The Balaban J connectivity index is 1.82. The summed E-state index contributed by atoms with van der Waals surface area (Å²) in [6.07, 6.45) is -1.88. The maximum Gasteiger partial charge on any atom is 0.422 e. The SMILES string of the molecule is Cc1oc([C@@H]2CC[C@@H](C)N(C(=O)c3cccnc3OCC(F)(F)F)C2)nc1C(C)(C)O. The normalized spacial score (nSPS) is 20.1. The molecule has 1 saturated heterocycles. The van der Waals surface area contributed by atoms with Gasteiger partial charge in [0.1, 0.15) is 22.6 Å². The van der Waals surface area contributed by atoms with Crippen LogP contribution in [0.5, 0.6) is 5.88 Å². The zero-order valence-corrected chi connectivity index (χ0v) is 17.9. The van der Waals surface area contributed by atoms with Crippen molar-refractivity contribution in [3.05, 3.63) is 41.2 Å². The highest BCUT2D eigenvalue weighted by atomic mass is 19.4. The van der Waals surface area contributed by atoms with Crippen LogP contribution in [-0.4, -0.2) is 51.3 Å². The van der Waals surface area contributed by atoms with Gasteiger partial charge >= 0.3 is 6.18 Å². The van der Waals surface area contributed by atoms with Crippen LogP contribution < -0.4 is 4.74 Å². The minimum atomic E-state index is -4.54. The quantitative estimate of drug-likeness (QED) is 0.756. The Bertz CT molecular complexity index is 937. The number of aliphatic hydroxyl groups is 1. The number of oxazole rings is 1. The van der Waals surface area contributed by atoms with Crippen LogP contribution in [0.4, 0.5) is 13.2 Å². The number of amides is 1. The predicted octanol–water partition coefficient (Wildman–Crippen LogP) is 3.95. The van der Waals surface area contributed by atoms with E-state index in [1.165, 1.54) is 18.3 Å². The van der Waals surface area contributed by atoms with Crippen molar-refractivity contribution in [3.63, 3.8) is 0 Å². The third kappa shape index (κ3) is 5.36. The molecular formula is C21H26F3N3O4. The van der Waals surface area contributed by atoms with Crippen LogP contribution in [0.25, 0.3) is 0 Å². The predicted molar refractivity (Wildman–Crippen MR) is 105 cm³/mol. The molecule has 1 amide bonds. The number of rotatable bonds is 5. The molecule has 1 aliphatic heterocycles. The van der Waals surface area contributed by atoms with Crippen molar-refractivity contribution in [1.29, 1.82) is 0 Å². The Kier molecular flexibility index (Phi) is 6.31. The van der Waals surface area contributed by atoms with Crippen molar-refractivity contribution >= 4 is 5.91 Å². The van der Waals surface area contributed by atoms with Gasteiger partial charge in [0, 0.05) is 18.8 Å². The summed E-state index contributed by atoms with van der Waals surface area (Å²) in [6.45, 7) is 5.58. The number of piperidine rings is 1. The van der Waals surface area contributed by atoms with Crippen LogP contribution >= 0.6 is 0 Å². The van der Waals surface area contributed by atoms with E-state index >= 15 is 0 Å². The maximum atomic E-state index is 13.2. The van der Waals surface area contributed by atoms with Crippen molar-refractivity contribution in [3.8, 4) is 5.88 Å². The second-order valence-electron chi connectivity index (χ2n) is 8.36. The minimum absolute atomic E-state index is 0.0278. The van der Waals surface area contributed by atoms with Gasteiger partial charge in [-0.05, 0) is 52.7 Å². The summed E-state index contributed by atoms with van der Waals surface area (Å²) in [5, 5.41) is 10.3. The Labute approximate surface area is 178 Å². The zero-order chi connectivity index (χ0) is 23.0. The molecule has 7 nitrogen and oxygen atoms in total. The third-order valence-electron chi connectivity index (χ3n) is 5.26. The molecule has 0 spiro atoms. The van der Waals surface area contributed by atoms with Crippen LogP contribution in [0, 0.1) is 6.92 Å². The lowest BCUT2D eigenvalue weighted by atomic mass is 9.92. The molecule has 0 aromatic carbocycles.